The minimum atomic E-state index is -0.306. The molecule has 2 aromatic carbocycles. The van der Waals surface area contributed by atoms with Crippen molar-refractivity contribution in [2.45, 2.75) is 6.54 Å². The summed E-state index contributed by atoms with van der Waals surface area (Å²) < 4.78 is 18.2. The minimum absolute atomic E-state index is 0.0991. The molecule has 0 atom stereocenters. The van der Waals surface area contributed by atoms with Gasteiger partial charge in [-0.1, -0.05) is 12.1 Å². The van der Waals surface area contributed by atoms with Gasteiger partial charge in [0.1, 0.15) is 17.9 Å². The molecule has 0 heterocycles. The van der Waals surface area contributed by atoms with E-state index >= 15 is 0 Å². The van der Waals surface area contributed by atoms with Crippen LogP contribution in [0.3, 0.4) is 0 Å². The third-order valence-electron chi connectivity index (χ3n) is 3.14. The summed E-state index contributed by atoms with van der Waals surface area (Å²) in [4.78, 5) is 24.0. The van der Waals surface area contributed by atoms with Gasteiger partial charge in [-0.25, -0.2) is 4.39 Å². The van der Waals surface area contributed by atoms with Gasteiger partial charge in [0.05, 0.1) is 0 Å². The quantitative estimate of drug-likeness (QED) is 0.771. The molecule has 2 rings (SSSR count). The number of hydrogen-bond acceptors (Lipinski definition) is 3. The highest BCUT2D eigenvalue weighted by atomic mass is 19.1. The van der Waals surface area contributed by atoms with Crippen molar-refractivity contribution >= 4 is 12.2 Å². The summed E-state index contributed by atoms with van der Waals surface area (Å²) in [5.74, 6) is 0.0257. The van der Waals surface area contributed by atoms with Gasteiger partial charge in [-0.3, -0.25) is 9.59 Å². The Morgan fingerprint density at radius 3 is 2.36 bits per heavy atom. The molecule has 0 unspecified atom stereocenters. The summed E-state index contributed by atoms with van der Waals surface area (Å²) in [6.45, 7) is 0.282. The first kappa shape index (κ1) is 15.7. The number of carbonyl (C=O) groups is 2. The van der Waals surface area contributed by atoms with Crippen molar-refractivity contribution < 1.29 is 18.7 Å². The van der Waals surface area contributed by atoms with Crippen LogP contribution in [0.5, 0.6) is 5.75 Å². The monoisotopic (exact) mass is 301 g/mol. The molecule has 0 aromatic heterocycles. The van der Waals surface area contributed by atoms with Crippen LogP contribution in [0, 0.1) is 5.82 Å². The number of amides is 1. The first-order valence-electron chi connectivity index (χ1n) is 6.75. The van der Waals surface area contributed by atoms with Gasteiger partial charge in [-0.2, -0.15) is 0 Å². The highest BCUT2D eigenvalue weighted by Gasteiger charge is 2.10. The van der Waals surface area contributed by atoms with E-state index in [9.17, 15) is 14.0 Å². The first-order valence-corrected chi connectivity index (χ1v) is 6.75. The maximum absolute atomic E-state index is 12.8. The fraction of sp³-hybridized carbons (Fsp3) is 0.176. The Balaban J connectivity index is 1.85. The van der Waals surface area contributed by atoms with Crippen LogP contribution in [0.4, 0.5) is 4.39 Å². The molecule has 2 aromatic rings. The Hall–Kier alpha value is -2.69. The van der Waals surface area contributed by atoms with E-state index in [2.05, 4.69) is 0 Å². The Kier molecular flexibility index (Phi) is 5.25. The van der Waals surface area contributed by atoms with Crippen LogP contribution in [0.15, 0.2) is 48.5 Å². The van der Waals surface area contributed by atoms with Crippen molar-refractivity contribution in [1.29, 1.82) is 0 Å². The second-order valence-electron chi connectivity index (χ2n) is 4.85. The predicted octanol–water partition coefficient (Wildman–Crippen LogP) is 2.68. The molecule has 5 heteroatoms. The van der Waals surface area contributed by atoms with Crippen molar-refractivity contribution in [3.63, 3.8) is 0 Å². The molecular weight excluding hydrogens is 285 g/mol. The highest BCUT2D eigenvalue weighted by molar-refractivity contribution is 5.77. The Morgan fingerprint density at radius 2 is 1.77 bits per heavy atom. The lowest BCUT2D eigenvalue weighted by molar-refractivity contribution is -0.132. The lowest BCUT2D eigenvalue weighted by Gasteiger charge is -2.17. The number of rotatable bonds is 6. The highest BCUT2D eigenvalue weighted by Crippen LogP contribution is 2.11. The zero-order chi connectivity index (χ0) is 15.9. The summed E-state index contributed by atoms with van der Waals surface area (Å²) in [5, 5.41) is 0. The average molecular weight is 301 g/mol. The van der Waals surface area contributed by atoms with Gasteiger partial charge in [0, 0.05) is 19.2 Å². The van der Waals surface area contributed by atoms with E-state index in [1.165, 1.54) is 17.0 Å². The largest absolute Gasteiger partial charge is 0.484 e. The SMILES string of the molecule is CN(Cc1ccc(F)cc1)C(=O)COc1ccc(C=O)cc1. The summed E-state index contributed by atoms with van der Waals surface area (Å²) in [5.41, 5.74) is 1.39. The van der Waals surface area contributed by atoms with Crippen molar-refractivity contribution in [3.8, 4) is 5.75 Å². The first-order chi connectivity index (χ1) is 10.6. The van der Waals surface area contributed by atoms with Crippen LogP contribution >= 0.6 is 0 Å². The van der Waals surface area contributed by atoms with Crippen molar-refractivity contribution in [2.75, 3.05) is 13.7 Å². The molecule has 1 amide bonds. The maximum Gasteiger partial charge on any atom is 0.260 e. The number of nitrogens with zero attached hydrogens (tertiary/aromatic N) is 1. The molecule has 0 aliphatic carbocycles. The second-order valence-corrected chi connectivity index (χ2v) is 4.85. The van der Waals surface area contributed by atoms with E-state index < -0.39 is 0 Å². The molecule has 0 aliphatic heterocycles. The van der Waals surface area contributed by atoms with Gasteiger partial charge in [0.25, 0.3) is 5.91 Å². The average Bonchev–Trinajstić information content (AvgIpc) is 2.55. The minimum Gasteiger partial charge on any atom is -0.484 e. The van der Waals surface area contributed by atoms with Crippen LogP contribution in [-0.4, -0.2) is 30.7 Å². The molecule has 0 fully saturated rings. The smallest absolute Gasteiger partial charge is 0.260 e. The molecule has 0 aliphatic rings. The predicted molar refractivity (Wildman–Crippen MR) is 80.2 cm³/mol. The molecule has 0 saturated carbocycles. The van der Waals surface area contributed by atoms with Crippen molar-refractivity contribution in [3.05, 3.63) is 65.5 Å². The van der Waals surface area contributed by atoms with Gasteiger partial charge in [0.2, 0.25) is 0 Å². The topological polar surface area (TPSA) is 46.6 Å². The van der Waals surface area contributed by atoms with Gasteiger partial charge >= 0.3 is 0 Å². The zero-order valence-electron chi connectivity index (χ0n) is 12.2. The van der Waals surface area contributed by atoms with Crippen molar-refractivity contribution in [1.82, 2.24) is 4.90 Å². The molecule has 0 radical (unpaired) electrons. The summed E-state index contributed by atoms with van der Waals surface area (Å²) in [6, 6.07) is 12.5. The lowest BCUT2D eigenvalue weighted by Crippen LogP contribution is -2.30. The summed E-state index contributed by atoms with van der Waals surface area (Å²) >= 11 is 0. The molecule has 0 N–H and O–H groups in total. The van der Waals surface area contributed by atoms with Gasteiger partial charge in [-0.15, -0.1) is 0 Å². The van der Waals surface area contributed by atoms with E-state index in [0.29, 0.717) is 17.9 Å². The molecule has 0 saturated heterocycles. The lowest BCUT2D eigenvalue weighted by atomic mass is 10.2. The van der Waals surface area contributed by atoms with Crippen LogP contribution < -0.4 is 4.74 Å². The molecule has 4 nitrogen and oxygen atoms in total. The normalized spacial score (nSPS) is 10.1. The Morgan fingerprint density at radius 1 is 1.14 bits per heavy atom. The molecular formula is C17H16FNO3. The van der Waals surface area contributed by atoms with E-state index in [4.69, 9.17) is 4.74 Å². The number of benzene rings is 2. The number of carbonyl (C=O) groups excluding carboxylic acids is 2. The second kappa shape index (κ2) is 7.36. The molecule has 114 valence electrons. The Labute approximate surface area is 128 Å². The maximum atomic E-state index is 12.8. The molecule has 0 spiro atoms. The summed E-state index contributed by atoms with van der Waals surface area (Å²) in [7, 11) is 1.66. The van der Waals surface area contributed by atoms with E-state index in [0.717, 1.165) is 11.8 Å². The van der Waals surface area contributed by atoms with E-state index in [-0.39, 0.29) is 18.3 Å². The third-order valence-corrected chi connectivity index (χ3v) is 3.14. The van der Waals surface area contributed by atoms with Crippen molar-refractivity contribution in [2.24, 2.45) is 0 Å². The van der Waals surface area contributed by atoms with E-state index in [1.807, 2.05) is 0 Å². The van der Waals surface area contributed by atoms with Gasteiger partial charge in [0.15, 0.2) is 6.61 Å². The number of halogens is 1. The van der Waals surface area contributed by atoms with Gasteiger partial charge < -0.3 is 9.64 Å². The number of ether oxygens (including phenoxy) is 1. The fourth-order valence-electron chi connectivity index (χ4n) is 1.85. The van der Waals surface area contributed by atoms with E-state index in [1.54, 1.807) is 43.4 Å². The zero-order valence-corrected chi connectivity index (χ0v) is 12.2. The van der Waals surface area contributed by atoms with Crippen LogP contribution in [0.25, 0.3) is 0 Å². The Bertz CT molecular complexity index is 638. The number of hydrogen-bond donors (Lipinski definition) is 0. The molecule has 22 heavy (non-hydrogen) atoms. The summed E-state index contributed by atoms with van der Waals surface area (Å²) in [6.07, 6.45) is 0.741. The number of likely N-dealkylation sites (N-methyl/N-ethyl adjacent to an activating group) is 1. The standard InChI is InChI=1S/C17H16FNO3/c1-19(10-13-2-6-15(18)7-3-13)17(21)12-22-16-8-4-14(11-20)5-9-16/h2-9,11H,10,12H2,1H3. The van der Waals surface area contributed by atoms with Crippen LogP contribution in [0.2, 0.25) is 0 Å². The number of aldehydes is 1. The van der Waals surface area contributed by atoms with Gasteiger partial charge in [-0.05, 0) is 42.0 Å². The van der Waals surface area contributed by atoms with Crippen LogP contribution in [-0.2, 0) is 11.3 Å². The third kappa shape index (κ3) is 4.41. The molecule has 0 bridgehead atoms. The fourth-order valence-corrected chi connectivity index (χ4v) is 1.85. The van der Waals surface area contributed by atoms with Crippen LogP contribution in [0.1, 0.15) is 15.9 Å².